The zero-order valence-electron chi connectivity index (χ0n) is 13.5. The van der Waals surface area contributed by atoms with Crippen molar-refractivity contribution in [2.45, 2.75) is 11.7 Å². The van der Waals surface area contributed by atoms with Crippen LogP contribution in [0.1, 0.15) is 6.42 Å². The van der Waals surface area contributed by atoms with E-state index in [4.69, 9.17) is 0 Å². The van der Waals surface area contributed by atoms with Crippen molar-refractivity contribution in [1.29, 1.82) is 0 Å². The molecule has 0 radical (unpaired) electrons. The lowest BCUT2D eigenvalue weighted by molar-refractivity contribution is -0.122. The molecule has 5 nitrogen and oxygen atoms in total. The molecular weight excluding hydrogens is 341 g/mol. The SMILES string of the molecule is CN(C(=O)CC1SC(Nc2ccccc2F)=NC1=O)c1ccccc1. The number of aliphatic imine (C=N–C) groups is 1. The van der Waals surface area contributed by atoms with Crippen LogP contribution in [0, 0.1) is 5.82 Å². The Morgan fingerprint density at radius 1 is 1.20 bits per heavy atom. The third-order valence-corrected chi connectivity index (χ3v) is 4.80. The van der Waals surface area contributed by atoms with E-state index >= 15 is 0 Å². The molecule has 3 rings (SSSR count). The van der Waals surface area contributed by atoms with Crippen molar-refractivity contribution in [3.8, 4) is 0 Å². The number of halogens is 1. The Hall–Kier alpha value is -2.67. The molecule has 2 aromatic rings. The van der Waals surface area contributed by atoms with Crippen LogP contribution in [-0.2, 0) is 9.59 Å². The van der Waals surface area contributed by atoms with Crippen LogP contribution >= 0.6 is 11.8 Å². The van der Waals surface area contributed by atoms with Gasteiger partial charge in [0.05, 0.1) is 5.69 Å². The molecule has 1 unspecified atom stereocenters. The van der Waals surface area contributed by atoms with Gasteiger partial charge in [-0.1, -0.05) is 42.1 Å². The molecule has 0 bridgehead atoms. The van der Waals surface area contributed by atoms with Crippen molar-refractivity contribution >= 4 is 40.1 Å². The second-order valence-electron chi connectivity index (χ2n) is 5.46. The molecule has 0 spiro atoms. The lowest BCUT2D eigenvalue weighted by Crippen LogP contribution is -2.30. The molecule has 2 amide bonds. The lowest BCUT2D eigenvalue weighted by atomic mass is 10.2. The van der Waals surface area contributed by atoms with Crippen molar-refractivity contribution in [3.63, 3.8) is 0 Å². The van der Waals surface area contributed by atoms with E-state index in [2.05, 4.69) is 10.3 Å². The molecule has 0 saturated heterocycles. The number of nitrogens with zero attached hydrogens (tertiary/aromatic N) is 2. The zero-order chi connectivity index (χ0) is 17.8. The molecule has 1 aliphatic heterocycles. The zero-order valence-corrected chi connectivity index (χ0v) is 14.3. The molecule has 1 heterocycles. The number of carbonyl (C=O) groups excluding carboxylic acids is 2. The highest BCUT2D eigenvalue weighted by molar-refractivity contribution is 8.15. The van der Waals surface area contributed by atoms with Gasteiger partial charge in [0, 0.05) is 19.2 Å². The van der Waals surface area contributed by atoms with Gasteiger partial charge in [-0.2, -0.15) is 4.99 Å². The summed E-state index contributed by atoms with van der Waals surface area (Å²) in [4.78, 5) is 29.8. The van der Waals surface area contributed by atoms with E-state index in [1.807, 2.05) is 30.3 Å². The highest BCUT2D eigenvalue weighted by atomic mass is 32.2. The molecule has 128 valence electrons. The summed E-state index contributed by atoms with van der Waals surface area (Å²) in [5.74, 6) is -1.00. The molecule has 2 aromatic carbocycles. The second-order valence-corrected chi connectivity index (χ2v) is 6.65. The molecule has 1 N–H and O–H groups in total. The number of carbonyl (C=O) groups is 2. The maximum absolute atomic E-state index is 13.7. The number of hydrogen-bond donors (Lipinski definition) is 1. The Labute approximate surface area is 148 Å². The van der Waals surface area contributed by atoms with Gasteiger partial charge in [-0.15, -0.1) is 0 Å². The van der Waals surface area contributed by atoms with Crippen LogP contribution in [0.2, 0.25) is 0 Å². The Morgan fingerprint density at radius 2 is 1.88 bits per heavy atom. The van der Waals surface area contributed by atoms with Gasteiger partial charge in [0.1, 0.15) is 11.1 Å². The summed E-state index contributed by atoms with van der Waals surface area (Å²) in [7, 11) is 1.67. The van der Waals surface area contributed by atoms with E-state index in [9.17, 15) is 14.0 Å². The molecule has 0 fully saturated rings. The van der Waals surface area contributed by atoms with Gasteiger partial charge in [0.2, 0.25) is 5.91 Å². The summed E-state index contributed by atoms with van der Waals surface area (Å²) in [5.41, 5.74) is 1.00. The van der Waals surface area contributed by atoms with E-state index in [1.165, 1.54) is 11.0 Å². The predicted molar refractivity (Wildman–Crippen MR) is 98.3 cm³/mol. The summed E-state index contributed by atoms with van der Waals surface area (Å²) >= 11 is 1.14. The van der Waals surface area contributed by atoms with Crippen LogP contribution in [-0.4, -0.2) is 29.3 Å². The predicted octanol–water partition coefficient (Wildman–Crippen LogP) is 3.29. The van der Waals surface area contributed by atoms with Crippen LogP contribution in [0.25, 0.3) is 0 Å². The van der Waals surface area contributed by atoms with Crippen LogP contribution in [0.4, 0.5) is 15.8 Å². The average molecular weight is 357 g/mol. The van der Waals surface area contributed by atoms with Crippen molar-refractivity contribution in [2.75, 3.05) is 17.3 Å². The molecule has 0 aromatic heterocycles. The summed E-state index contributed by atoms with van der Waals surface area (Å²) in [6.07, 6.45) is 0.0286. The first-order valence-corrected chi connectivity index (χ1v) is 8.55. The topological polar surface area (TPSA) is 61.8 Å². The summed E-state index contributed by atoms with van der Waals surface area (Å²) < 4.78 is 13.7. The van der Waals surface area contributed by atoms with Crippen LogP contribution in [0.3, 0.4) is 0 Å². The third kappa shape index (κ3) is 4.06. The largest absolute Gasteiger partial charge is 0.332 e. The first kappa shape index (κ1) is 17.2. The maximum atomic E-state index is 13.7. The second kappa shape index (κ2) is 7.48. The van der Waals surface area contributed by atoms with Gasteiger partial charge >= 0.3 is 0 Å². The van der Waals surface area contributed by atoms with E-state index in [-0.39, 0.29) is 18.0 Å². The van der Waals surface area contributed by atoms with Crippen LogP contribution in [0.15, 0.2) is 59.6 Å². The minimum absolute atomic E-state index is 0.0286. The van der Waals surface area contributed by atoms with Crippen molar-refractivity contribution in [3.05, 3.63) is 60.4 Å². The van der Waals surface area contributed by atoms with E-state index in [1.54, 1.807) is 25.2 Å². The lowest BCUT2D eigenvalue weighted by Gasteiger charge is -2.18. The number of benzene rings is 2. The van der Waals surface area contributed by atoms with Gasteiger partial charge in [0.25, 0.3) is 5.91 Å². The van der Waals surface area contributed by atoms with E-state index < -0.39 is 17.0 Å². The monoisotopic (exact) mass is 357 g/mol. The number of para-hydroxylation sites is 2. The van der Waals surface area contributed by atoms with E-state index in [0.717, 1.165) is 17.4 Å². The first-order chi connectivity index (χ1) is 12.0. The fourth-order valence-corrected chi connectivity index (χ4v) is 3.30. The standard InChI is InChI=1S/C18H16FN3O2S/c1-22(12-7-3-2-4-8-12)16(23)11-15-17(24)21-18(25-15)20-14-10-6-5-9-13(14)19/h2-10,15H,11H2,1H3,(H,20,21,24). The fraction of sp³-hybridized carbons (Fsp3) is 0.167. The maximum Gasteiger partial charge on any atom is 0.262 e. The Bertz CT molecular complexity index is 826. The average Bonchev–Trinajstić information content (AvgIpc) is 2.96. The molecule has 1 atom stereocenters. The number of hydrogen-bond acceptors (Lipinski definition) is 4. The number of nitrogens with one attached hydrogen (secondary N) is 1. The van der Waals surface area contributed by atoms with E-state index in [0.29, 0.717) is 5.17 Å². The number of anilines is 2. The number of amidine groups is 1. The van der Waals surface area contributed by atoms with Crippen molar-refractivity contribution < 1.29 is 14.0 Å². The molecule has 7 heteroatoms. The quantitative estimate of drug-likeness (QED) is 0.912. The summed E-state index contributed by atoms with van der Waals surface area (Å²) in [6.45, 7) is 0. The normalized spacial score (nSPS) is 16.5. The Kier molecular flexibility index (Phi) is 5.14. The van der Waals surface area contributed by atoms with Gasteiger partial charge in [-0.25, -0.2) is 4.39 Å². The minimum Gasteiger partial charge on any atom is -0.332 e. The van der Waals surface area contributed by atoms with Gasteiger partial charge in [0.15, 0.2) is 5.17 Å². The van der Waals surface area contributed by atoms with Crippen LogP contribution in [0.5, 0.6) is 0 Å². The van der Waals surface area contributed by atoms with Gasteiger partial charge in [-0.3, -0.25) is 9.59 Å². The highest BCUT2D eigenvalue weighted by Gasteiger charge is 2.32. The number of amides is 2. The molecule has 25 heavy (non-hydrogen) atoms. The van der Waals surface area contributed by atoms with Gasteiger partial charge in [-0.05, 0) is 24.3 Å². The van der Waals surface area contributed by atoms with Crippen molar-refractivity contribution in [1.82, 2.24) is 0 Å². The molecular formula is C18H16FN3O2S. The van der Waals surface area contributed by atoms with Crippen LogP contribution < -0.4 is 10.2 Å². The minimum atomic E-state index is -0.604. The van der Waals surface area contributed by atoms with Gasteiger partial charge < -0.3 is 10.2 Å². The fourth-order valence-electron chi connectivity index (χ4n) is 2.34. The Balaban J connectivity index is 1.61. The number of thioether (sulfide) groups is 1. The molecule has 1 aliphatic rings. The molecule has 0 aliphatic carbocycles. The van der Waals surface area contributed by atoms with Crippen molar-refractivity contribution in [2.24, 2.45) is 4.99 Å². The smallest absolute Gasteiger partial charge is 0.262 e. The Morgan fingerprint density at radius 3 is 2.60 bits per heavy atom. The third-order valence-electron chi connectivity index (χ3n) is 3.73. The number of rotatable bonds is 4. The summed E-state index contributed by atoms with van der Waals surface area (Å²) in [6, 6.07) is 15.3. The first-order valence-electron chi connectivity index (χ1n) is 7.67. The molecule has 0 saturated carbocycles. The highest BCUT2D eigenvalue weighted by Crippen LogP contribution is 2.28. The summed E-state index contributed by atoms with van der Waals surface area (Å²) in [5, 5.41) is 2.49.